The summed E-state index contributed by atoms with van der Waals surface area (Å²) in [7, 11) is 4.65. The fourth-order valence-electron chi connectivity index (χ4n) is 2.37. The van der Waals surface area contributed by atoms with Gasteiger partial charge in [0.25, 0.3) is 0 Å². The highest BCUT2D eigenvalue weighted by Crippen LogP contribution is 2.27. The third-order valence-electron chi connectivity index (χ3n) is 3.73. The van der Waals surface area contributed by atoms with Crippen LogP contribution in [0.15, 0.2) is 42.5 Å². The highest BCUT2D eigenvalue weighted by atomic mass is 16.5. The number of nitrogens with zero attached hydrogens (tertiary/aromatic N) is 1. The second-order valence-corrected chi connectivity index (χ2v) is 5.28. The molecule has 0 aliphatic heterocycles. The number of carbonyl (C=O) groups is 1. The summed E-state index contributed by atoms with van der Waals surface area (Å²) in [5, 5.41) is 12.1. The largest absolute Gasteiger partial charge is 0.497 e. The zero-order valence-corrected chi connectivity index (χ0v) is 14.4. The molecule has 0 aliphatic rings. The number of amides is 1. The van der Waals surface area contributed by atoms with Crippen molar-refractivity contribution < 1.29 is 19.0 Å². The third kappa shape index (κ3) is 4.64. The Hall–Kier alpha value is -3.20. The van der Waals surface area contributed by atoms with Crippen LogP contribution in [-0.4, -0.2) is 27.2 Å². The monoisotopic (exact) mass is 340 g/mol. The maximum atomic E-state index is 12.4. The van der Waals surface area contributed by atoms with E-state index in [1.54, 1.807) is 56.7 Å². The normalized spacial score (nSPS) is 11.1. The molecule has 25 heavy (non-hydrogen) atoms. The SMILES string of the molecule is COc1cccc(NC(=O)[C@@H](C#N)Cc2ccc(OC)cc2OC)c1. The predicted molar refractivity (Wildman–Crippen MR) is 94.0 cm³/mol. The molecule has 0 aliphatic carbocycles. The first-order valence-corrected chi connectivity index (χ1v) is 7.66. The van der Waals surface area contributed by atoms with Crippen molar-refractivity contribution in [3.8, 4) is 23.3 Å². The van der Waals surface area contributed by atoms with E-state index < -0.39 is 5.92 Å². The van der Waals surface area contributed by atoms with Gasteiger partial charge in [-0.3, -0.25) is 4.79 Å². The van der Waals surface area contributed by atoms with Gasteiger partial charge in [0.1, 0.15) is 23.2 Å². The first-order valence-electron chi connectivity index (χ1n) is 7.66. The van der Waals surface area contributed by atoms with E-state index in [2.05, 4.69) is 5.32 Å². The number of methoxy groups -OCH3 is 3. The van der Waals surface area contributed by atoms with E-state index in [4.69, 9.17) is 14.2 Å². The molecule has 0 spiro atoms. The lowest BCUT2D eigenvalue weighted by atomic mass is 9.98. The summed E-state index contributed by atoms with van der Waals surface area (Å²) in [6, 6.07) is 14.3. The van der Waals surface area contributed by atoms with Gasteiger partial charge >= 0.3 is 0 Å². The zero-order valence-electron chi connectivity index (χ0n) is 14.4. The number of hydrogen-bond donors (Lipinski definition) is 1. The molecule has 0 unspecified atom stereocenters. The molecule has 1 amide bonds. The maximum absolute atomic E-state index is 12.4. The number of rotatable bonds is 7. The van der Waals surface area contributed by atoms with Gasteiger partial charge in [0.05, 0.1) is 27.4 Å². The number of hydrogen-bond acceptors (Lipinski definition) is 5. The number of carbonyl (C=O) groups excluding carboxylic acids is 1. The maximum Gasteiger partial charge on any atom is 0.242 e. The smallest absolute Gasteiger partial charge is 0.242 e. The minimum atomic E-state index is -0.853. The van der Waals surface area contributed by atoms with Crippen LogP contribution in [-0.2, 0) is 11.2 Å². The Morgan fingerprint density at radius 3 is 2.44 bits per heavy atom. The topological polar surface area (TPSA) is 80.6 Å². The van der Waals surface area contributed by atoms with Crippen molar-refractivity contribution in [2.24, 2.45) is 5.92 Å². The first-order chi connectivity index (χ1) is 12.1. The molecule has 0 saturated heterocycles. The summed E-state index contributed by atoms with van der Waals surface area (Å²) < 4.78 is 15.6. The zero-order chi connectivity index (χ0) is 18.2. The molecule has 6 heteroatoms. The number of nitriles is 1. The predicted octanol–water partition coefficient (Wildman–Crippen LogP) is 3.03. The number of benzene rings is 2. The van der Waals surface area contributed by atoms with Crippen molar-refractivity contribution in [2.75, 3.05) is 26.6 Å². The van der Waals surface area contributed by atoms with Gasteiger partial charge in [0.2, 0.25) is 5.91 Å². The van der Waals surface area contributed by atoms with E-state index in [9.17, 15) is 10.1 Å². The molecular weight excluding hydrogens is 320 g/mol. The summed E-state index contributed by atoms with van der Waals surface area (Å²) in [6.07, 6.45) is 0.236. The van der Waals surface area contributed by atoms with Crippen LogP contribution in [0, 0.1) is 17.2 Å². The highest BCUT2D eigenvalue weighted by molar-refractivity contribution is 5.94. The van der Waals surface area contributed by atoms with Crippen molar-refractivity contribution >= 4 is 11.6 Å². The average Bonchev–Trinajstić information content (AvgIpc) is 2.66. The van der Waals surface area contributed by atoms with Crippen LogP contribution < -0.4 is 19.5 Å². The van der Waals surface area contributed by atoms with E-state index in [1.807, 2.05) is 6.07 Å². The van der Waals surface area contributed by atoms with Gasteiger partial charge in [0.15, 0.2) is 0 Å². The summed E-state index contributed by atoms with van der Waals surface area (Å²) in [5.41, 5.74) is 1.34. The van der Waals surface area contributed by atoms with Gasteiger partial charge in [-0.1, -0.05) is 12.1 Å². The fraction of sp³-hybridized carbons (Fsp3) is 0.263. The van der Waals surface area contributed by atoms with Gasteiger partial charge in [-0.2, -0.15) is 5.26 Å². The van der Waals surface area contributed by atoms with Crippen LogP contribution in [0.1, 0.15) is 5.56 Å². The number of anilines is 1. The first kappa shape index (κ1) is 18.1. The summed E-state index contributed by atoms with van der Waals surface area (Å²) >= 11 is 0. The summed E-state index contributed by atoms with van der Waals surface area (Å²) in [6.45, 7) is 0. The Bertz CT molecular complexity index is 783. The lowest BCUT2D eigenvalue weighted by Gasteiger charge is -2.14. The molecule has 1 atom stereocenters. The lowest BCUT2D eigenvalue weighted by molar-refractivity contribution is -0.118. The molecule has 6 nitrogen and oxygen atoms in total. The van der Waals surface area contributed by atoms with Crippen LogP contribution in [0.3, 0.4) is 0 Å². The average molecular weight is 340 g/mol. The molecule has 0 radical (unpaired) electrons. The molecule has 130 valence electrons. The second-order valence-electron chi connectivity index (χ2n) is 5.28. The quantitative estimate of drug-likeness (QED) is 0.838. The molecule has 2 aromatic rings. The van der Waals surface area contributed by atoms with E-state index in [0.717, 1.165) is 5.56 Å². The molecule has 0 fully saturated rings. The van der Waals surface area contributed by atoms with Gasteiger partial charge < -0.3 is 19.5 Å². The van der Waals surface area contributed by atoms with Crippen molar-refractivity contribution in [3.63, 3.8) is 0 Å². The van der Waals surface area contributed by atoms with Crippen molar-refractivity contribution in [1.29, 1.82) is 5.26 Å². The van der Waals surface area contributed by atoms with Crippen molar-refractivity contribution in [2.45, 2.75) is 6.42 Å². The molecule has 0 saturated carbocycles. The molecule has 0 heterocycles. The standard InChI is InChI=1S/C19H20N2O4/c1-23-16-6-4-5-15(10-16)21-19(22)14(12-20)9-13-7-8-17(24-2)11-18(13)25-3/h4-8,10-11,14H,9H2,1-3H3,(H,21,22)/t14-/m1/s1. The number of ether oxygens (including phenoxy) is 3. The van der Waals surface area contributed by atoms with Crippen LogP contribution in [0.25, 0.3) is 0 Å². The van der Waals surface area contributed by atoms with Crippen molar-refractivity contribution in [3.05, 3.63) is 48.0 Å². The highest BCUT2D eigenvalue weighted by Gasteiger charge is 2.21. The summed E-state index contributed by atoms with van der Waals surface area (Å²) in [4.78, 5) is 12.4. The molecular formula is C19H20N2O4. The fourth-order valence-corrected chi connectivity index (χ4v) is 2.37. The minimum absolute atomic E-state index is 0.236. The van der Waals surface area contributed by atoms with Gasteiger partial charge in [-0.25, -0.2) is 0 Å². The van der Waals surface area contributed by atoms with Crippen molar-refractivity contribution in [1.82, 2.24) is 0 Å². The lowest BCUT2D eigenvalue weighted by Crippen LogP contribution is -2.23. The van der Waals surface area contributed by atoms with E-state index in [0.29, 0.717) is 22.9 Å². The Labute approximate surface area is 146 Å². The number of nitrogens with one attached hydrogen (secondary N) is 1. The molecule has 0 aromatic heterocycles. The molecule has 2 aromatic carbocycles. The third-order valence-corrected chi connectivity index (χ3v) is 3.73. The van der Waals surface area contributed by atoms with E-state index >= 15 is 0 Å². The Morgan fingerprint density at radius 1 is 1.08 bits per heavy atom. The van der Waals surface area contributed by atoms with Crippen LogP contribution in [0.4, 0.5) is 5.69 Å². The minimum Gasteiger partial charge on any atom is -0.497 e. The molecule has 2 rings (SSSR count). The summed E-state index contributed by atoms with van der Waals surface area (Å²) in [5.74, 6) is 0.619. The van der Waals surface area contributed by atoms with Crippen LogP contribution in [0.2, 0.25) is 0 Å². The van der Waals surface area contributed by atoms with Crippen LogP contribution in [0.5, 0.6) is 17.2 Å². The van der Waals surface area contributed by atoms with Gasteiger partial charge in [0, 0.05) is 24.2 Å². The molecule has 1 N–H and O–H groups in total. The van der Waals surface area contributed by atoms with Crippen LogP contribution >= 0.6 is 0 Å². The Balaban J connectivity index is 2.14. The van der Waals surface area contributed by atoms with E-state index in [1.165, 1.54) is 7.11 Å². The van der Waals surface area contributed by atoms with E-state index in [-0.39, 0.29) is 12.3 Å². The Kier molecular flexibility index (Phi) is 6.24. The van der Waals surface area contributed by atoms with Gasteiger partial charge in [-0.05, 0) is 23.8 Å². The second kappa shape index (κ2) is 8.60. The van der Waals surface area contributed by atoms with Gasteiger partial charge in [-0.15, -0.1) is 0 Å². The molecule has 0 bridgehead atoms. The Morgan fingerprint density at radius 2 is 1.80 bits per heavy atom.